The summed E-state index contributed by atoms with van der Waals surface area (Å²) >= 11 is 3.99. The van der Waals surface area contributed by atoms with Gasteiger partial charge in [-0.1, -0.05) is 64.5 Å². The molecular formula is C26H18BrNO4. The fourth-order valence-electron chi connectivity index (χ4n) is 5.76. The second kappa shape index (κ2) is 6.62. The van der Waals surface area contributed by atoms with Gasteiger partial charge in [-0.15, -0.1) is 0 Å². The molecule has 0 unspecified atom stereocenters. The standard InChI is InChI=1S/C26H18BrNO4/c1-14(29)32-16-12-10-15(11-13-16)28-24(30)22-21-17-6-2-4-8-19(17)26(27,23(22)25(28)31)20-9-5-3-7-18(20)21/h2-13,21-23H,1H3/t21?,22-,23-,26?/m1/s1. The van der Waals surface area contributed by atoms with Crippen molar-refractivity contribution in [2.45, 2.75) is 17.2 Å². The van der Waals surface area contributed by atoms with Gasteiger partial charge in [0, 0.05) is 12.8 Å². The lowest BCUT2D eigenvalue weighted by atomic mass is 9.55. The van der Waals surface area contributed by atoms with Crippen LogP contribution in [0.5, 0.6) is 5.75 Å². The number of amides is 2. The van der Waals surface area contributed by atoms with Crippen LogP contribution in [0.4, 0.5) is 5.69 Å². The molecule has 0 spiro atoms. The summed E-state index contributed by atoms with van der Waals surface area (Å²) in [4.78, 5) is 40.1. The molecule has 3 aromatic rings. The molecule has 2 bridgehead atoms. The maximum atomic E-state index is 13.8. The predicted molar refractivity (Wildman–Crippen MR) is 122 cm³/mol. The second-order valence-electron chi connectivity index (χ2n) is 8.47. The highest BCUT2D eigenvalue weighted by Gasteiger charge is 2.67. The Balaban J connectivity index is 1.50. The van der Waals surface area contributed by atoms with E-state index >= 15 is 0 Å². The zero-order chi connectivity index (χ0) is 22.2. The summed E-state index contributed by atoms with van der Waals surface area (Å²) in [5.74, 6) is -1.67. The Bertz CT molecular complexity index is 1270. The fraction of sp³-hybridized carbons (Fsp3) is 0.192. The molecule has 7 rings (SSSR count). The molecule has 3 aromatic carbocycles. The Morgan fingerprint density at radius 1 is 0.875 bits per heavy atom. The van der Waals surface area contributed by atoms with E-state index in [-0.39, 0.29) is 17.7 Å². The molecule has 0 aromatic heterocycles. The molecule has 0 saturated carbocycles. The molecule has 2 atom stereocenters. The SMILES string of the molecule is CC(=O)Oc1ccc(N2C(=O)[C@@H]3C4c5ccccc5C(Br)(c5ccccc54)[C@H]3C2=O)cc1. The molecule has 1 fully saturated rings. The molecule has 32 heavy (non-hydrogen) atoms. The van der Waals surface area contributed by atoms with Crippen molar-refractivity contribution in [3.8, 4) is 5.75 Å². The molecule has 1 aliphatic heterocycles. The number of hydrogen-bond acceptors (Lipinski definition) is 4. The lowest BCUT2D eigenvalue weighted by molar-refractivity contribution is -0.132. The van der Waals surface area contributed by atoms with Gasteiger partial charge in [0.1, 0.15) is 5.75 Å². The van der Waals surface area contributed by atoms with Crippen molar-refractivity contribution in [3.05, 3.63) is 95.1 Å². The van der Waals surface area contributed by atoms with Crippen LogP contribution in [0.3, 0.4) is 0 Å². The third-order valence-corrected chi connectivity index (χ3v) is 8.22. The van der Waals surface area contributed by atoms with E-state index in [1.807, 2.05) is 24.3 Å². The van der Waals surface area contributed by atoms with Gasteiger partial charge in [0.2, 0.25) is 11.8 Å². The van der Waals surface area contributed by atoms with Crippen molar-refractivity contribution in [1.29, 1.82) is 0 Å². The number of carbonyl (C=O) groups is 3. The third kappa shape index (κ3) is 2.36. The first-order chi connectivity index (χ1) is 15.4. The van der Waals surface area contributed by atoms with E-state index in [0.717, 1.165) is 22.3 Å². The summed E-state index contributed by atoms with van der Waals surface area (Å²) in [6.07, 6.45) is 0. The van der Waals surface area contributed by atoms with Crippen molar-refractivity contribution in [2.24, 2.45) is 11.8 Å². The molecule has 0 radical (unpaired) electrons. The number of benzene rings is 3. The molecule has 1 saturated heterocycles. The van der Waals surface area contributed by atoms with E-state index < -0.39 is 22.1 Å². The molecule has 4 aliphatic rings. The number of alkyl halides is 1. The Morgan fingerprint density at radius 2 is 1.44 bits per heavy atom. The quantitative estimate of drug-likeness (QED) is 0.231. The van der Waals surface area contributed by atoms with E-state index in [0.29, 0.717) is 11.4 Å². The first kappa shape index (κ1) is 19.4. The minimum atomic E-state index is -0.765. The summed E-state index contributed by atoms with van der Waals surface area (Å²) in [6.45, 7) is 1.33. The van der Waals surface area contributed by atoms with Crippen LogP contribution in [-0.4, -0.2) is 17.8 Å². The molecule has 2 amide bonds. The highest BCUT2D eigenvalue weighted by molar-refractivity contribution is 9.09. The number of rotatable bonds is 2. The van der Waals surface area contributed by atoms with Gasteiger partial charge in [0.15, 0.2) is 0 Å². The van der Waals surface area contributed by atoms with Gasteiger partial charge >= 0.3 is 5.97 Å². The zero-order valence-corrected chi connectivity index (χ0v) is 18.7. The van der Waals surface area contributed by atoms with Crippen LogP contribution in [0.15, 0.2) is 72.8 Å². The summed E-state index contributed by atoms with van der Waals surface area (Å²) in [7, 11) is 0. The average molecular weight is 488 g/mol. The molecule has 6 heteroatoms. The van der Waals surface area contributed by atoms with Gasteiger partial charge in [-0.3, -0.25) is 14.4 Å². The average Bonchev–Trinajstić information content (AvgIpc) is 3.06. The summed E-state index contributed by atoms with van der Waals surface area (Å²) in [5, 5.41) is 0. The predicted octanol–water partition coefficient (Wildman–Crippen LogP) is 4.52. The minimum Gasteiger partial charge on any atom is -0.427 e. The minimum absolute atomic E-state index is 0.173. The topological polar surface area (TPSA) is 63.7 Å². The van der Waals surface area contributed by atoms with Gasteiger partial charge in [0.05, 0.1) is 21.8 Å². The molecule has 158 valence electrons. The normalized spacial score (nSPS) is 27.1. The monoisotopic (exact) mass is 487 g/mol. The number of anilines is 1. The van der Waals surface area contributed by atoms with Crippen molar-refractivity contribution in [3.63, 3.8) is 0 Å². The fourth-order valence-corrected chi connectivity index (χ4v) is 6.97. The van der Waals surface area contributed by atoms with Crippen LogP contribution < -0.4 is 9.64 Å². The van der Waals surface area contributed by atoms with Gasteiger partial charge in [-0.05, 0) is 46.5 Å². The van der Waals surface area contributed by atoms with Gasteiger partial charge in [-0.2, -0.15) is 0 Å². The Labute approximate surface area is 193 Å². The lowest BCUT2D eigenvalue weighted by Gasteiger charge is -2.51. The van der Waals surface area contributed by atoms with Crippen LogP contribution >= 0.6 is 15.9 Å². The smallest absolute Gasteiger partial charge is 0.308 e. The van der Waals surface area contributed by atoms with Crippen molar-refractivity contribution < 1.29 is 19.1 Å². The Kier molecular flexibility index (Phi) is 4.02. The van der Waals surface area contributed by atoms with Crippen LogP contribution in [0.25, 0.3) is 0 Å². The Hall–Kier alpha value is -3.25. The van der Waals surface area contributed by atoms with Gasteiger partial charge in [0.25, 0.3) is 0 Å². The van der Waals surface area contributed by atoms with Crippen LogP contribution in [0, 0.1) is 11.8 Å². The van der Waals surface area contributed by atoms with E-state index in [9.17, 15) is 14.4 Å². The highest BCUT2D eigenvalue weighted by atomic mass is 79.9. The third-order valence-electron chi connectivity index (χ3n) is 6.87. The zero-order valence-electron chi connectivity index (χ0n) is 17.1. The maximum absolute atomic E-state index is 13.8. The van der Waals surface area contributed by atoms with E-state index in [1.165, 1.54) is 11.8 Å². The largest absolute Gasteiger partial charge is 0.427 e. The first-order valence-electron chi connectivity index (χ1n) is 10.5. The number of ether oxygens (including phenoxy) is 1. The van der Waals surface area contributed by atoms with Gasteiger partial charge < -0.3 is 4.74 Å². The summed E-state index contributed by atoms with van der Waals surface area (Å²) in [6, 6.07) is 22.7. The second-order valence-corrected chi connectivity index (χ2v) is 9.72. The van der Waals surface area contributed by atoms with Crippen LogP contribution in [0.2, 0.25) is 0 Å². The van der Waals surface area contributed by atoms with E-state index in [2.05, 4.69) is 40.2 Å². The van der Waals surface area contributed by atoms with Crippen molar-refractivity contribution in [2.75, 3.05) is 4.90 Å². The number of carbonyl (C=O) groups excluding carboxylic acids is 3. The lowest BCUT2D eigenvalue weighted by Crippen LogP contribution is -2.50. The van der Waals surface area contributed by atoms with Crippen molar-refractivity contribution >= 4 is 39.4 Å². The number of nitrogens with zero attached hydrogens (tertiary/aromatic N) is 1. The number of halogens is 1. The van der Waals surface area contributed by atoms with Crippen LogP contribution in [0.1, 0.15) is 35.1 Å². The molecular weight excluding hydrogens is 470 g/mol. The molecule has 1 heterocycles. The summed E-state index contributed by atoms with van der Waals surface area (Å²) < 4.78 is 4.32. The number of esters is 1. The number of hydrogen-bond donors (Lipinski definition) is 0. The van der Waals surface area contributed by atoms with E-state index in [1.54, 1.807) is 24.3 Å². The van der Waals surface area contributed by atoms with Crippen LogP contribution in [-0.2, 0) is 18.7 Å². The maximum Gasteiger partial charge on any atom is 0.308 e. The first-order valence-corrected chi connectivity index (χ1v) is 11.3. The molecule has 5 nitrogen and oxygen atoms in total. The number of imide groups is 1. The highest BCUT2D eigenvalue weighted by Crippen LogP contribution is 2.66. The summed E-state index contributed by atoms with van der Waals surface area (Å²) in [5.41, 5.74) is 4.78. The Morgan fingerprint density at radius 3 is 2.00 bits per heavy atom. The van der Waals surface area contributed by atoms with Gasteiger partial charge in [-0.25, -0.2) is 4.90 Å². The molecule has 3 aliphatic carbocycles. The molecule has 0 N–H and O–H groups in total. The van der Waals surface area contributed by atoms with Crippen molar-refractivity contribution in [1.82, 2.24) is 0 Å². The van der Waals surface area contributed by atoms with E-state index in [4.69, 9.17) is 4.74 Å².